The Balaban J connectivity index is 2.36. The highest BCUT2D eigenvalue weighted by molar-refractivity contribution is 5.77. The van der Waals surface area contributed by atoms with Crippen molar-refractivity contribution in [3.05, 3.63) is 0 Å². The fourth-order valence-corrected chi connectivity index (χ4v) is 1.47. The molecule has 3 N–H and O–H groups in total. The van der Waals surface area contributed by atoms with E-state index in [0.29, 0.717) is 6.42 Å². The van der Waals surface area contributed by atoms with Crippen LogP contribution in [0.25, 0.3) is 0 Å². The molecule has 1 fully saturated rings. The minimum absolute atomic E-state index is 0.000116. The number of nitrogens with one attached hydrogen (secondary N) is 1. The normalized spacial score (nSPS) is 28.7. The SMILES string of the molecule is CC1(C)CCC(CC(=N)N)O1. The predicted octanol–water partition coefficient (Wildman–Crippen LogP) is 1.27. The summed E-state index contributed by atoms with van der Waals surface area (Å²) in [4.78, 5) is 0. The summed E-state index contributed by atoms with van der Waals surface area (Å²) in [6, 6.07) is 0. The van der Waals surface area contributed by atoms with Gasteiger partial charge in [0.1, 0.15) is 0 Å². The van der Waals surface area contributed by atoms with Gasteiger partial charge in [-0.05, 0) is 26.7 Å². The molecule has 0 bridgehead atoms. The first-order chi connectivity index (χ1) is 4.99. The molecule has 1 unspecified atom stereocenters. The van der Waals surface area contributed by atoms with E-state index < -0.39 is 0 Å². The molecule has 1 saturated heterocycles. The maximum Gasteiger partial charge on any atom is 0.0931 e. The summed E-state index contributed by atoms with van der Waals surface area (Å²) in [5, 5.41) is 7.09. The standard InChI is InChI=1S/C8H16N2O/c1-8(2)4-3-6(11-8)5-7(9)10/h6H,3-5H2,1-2H3,(H3,9,10). The van der Waals surface area contributed by atoms with E-state index in [1.165, 1.54) is 0 Å². The van der Waals surface area contributed by atoms with Crippen LogP contribution in [0.15, 0.2) is 0 Å². The van der Waals surface area contributed by atoms with E-state index >= 15 is 0 Å². The Morgan fingerprint density at radius 1 is 1.73 bits per heavy atom. The van der Waals surface area contributed by atoms with Crippen LogP contribution in [-0.4, -0.2) is 17.5 Å². The molecule has 3 nitrogen and oxygen atoms in total. The molecule has 0 aromatic rings. The van der Waals surface area contributed by atoms with Gasteiger partial charge in [0.05, 0.1) is 17.5 Å². The van der Waals surface area contributed by atoms with Crippen molar-refractivity contribution in [3.63, 3.8) is 0 Å². The Labute approximate surface area is 67.4 Å². The Bertz CT molecular complexity index is 165. The van der Waals surface area contributed by atoms with Crippen molar-refractivity contribution < 1.29 is 4.74 Å². The summed E-state index contributed by atoms with van der Waals surface area (Å²) in [5.74, 6) is 0.229. The molecular weight excluding hydrogens is 140 g/mol. The molecule has 1 aliphatic heterocycles. The number of hydrogen-bond donors (Lipinski definition) is 2. The highest BCUT2D eigenvalue weighted by Gasteiger charge is 2.31. The van der Waals surface area contributed by atoms with Gasteiger partial charge in [-0.15, -0.1) is 0 Å². The molecule has 64 valence electrons. The molecule has 0 saturated carbocycles. The zero-order valence-electron chi connectivity index (χ0n) is 7.18. The number of rotatable bonds is 2. The van der Waals surface area contributed by atoms with Crippen molar-refractivity contribution in [2.45, 2.75) is 44.8 Å². The number of amidine groups is 1. The van der Waals surface area contributed by atoms with Crippen molar-refractivity contribution >= 4 is 5.84 Å². The summed E-state index contributed by atoms with van der Waals surface area (Å²) in [5.41, 5.74) is 5.26. The molecule has 0 aromatic carbocycles. The largest absolute Gasteiger partial charge is 0.388 e. The third-order valence-electron chi connectivity index (χ3n) is 2.00. The van der Waals surface area contributed by atoms with Crippen LogP contribution in [0.5, 0.6) is 0 Å². The monoisotopic (exact) mass is 156 g/mol. The lowest BCUT2D eigenvalue weighted by Crippen LogP contribution is -2.23. The van der Waals surface area contributed by atoms with E-state index in [1.807, 2.05) is 0 Å². The van der Waals surface area contributed by atoms with Crippen LogP contribution in [0.4, 0.5) is 0 Å². The quantitative estimate of drug-likeness (QED) is 0.467. The van der Waals surface area contributed by atoms with Crippen LogP contribution < -0.4 is 5.73 Å². The van der Waals surface area contributed by atoms with Gasteiger partial charge in [0.2, 0.25) is 0 Å². The Morgan fingerprint density at radius 2 is 2.36 bits per heavy atom. The van der Waals surface area contributed by atoms with Gasteiger partial charge in [-0.25, -0.2) is 0 Å². The Kier molecular flexibility index (Phi) is 2.18. The molecular formula is C8H16N2O. The first kappa shape index (κ1) is 8.53. The lowest BCUT2D eigenvalue weighted by molar-refractivity contribution is -0.0117. The first-order valence-electron chi connectivity index (χ1n) is 4.00. The molecule has 1 aliphatic rings. The van der Waals surface area contributed by atoms with Crippen molar-refractivity contribution in [3.8, 4) is 0 Å². The molecule has 0 spiro atoms. The average Bonchev–Trinajstić information content (AvgIpc) is 2.08. The summed E-state index contributed by atoms with van der Waals surface area (Å²) in [6.45, 7) is 4.15. The van der Waals surface area contributed by atoms with Gasteiger partial charge in [0.15, 0.2) is 0 Å². The van der Waals surface area contributed by atoms with E-state index in [-0.39, 0.29) is 17.5 Å². The topological polar surface area (TPSA) is 59.1 Å². The molecule has 1 rings (SSSR count). The van der Waals surface area contributed by atoms with Crippen molar-refractivity contribution in [1.29, 1.82) is 5.41 Å². The molecule has 3 heteroatoms. The zero-order chi connectivity index (χ0) is 8.48. The van der Waals surface area contributed by atoms with E-state index in [1.54, 1.807) is 0 Å². The fraction of sp³-hybridized carbons (Fsp3) is 0.875. The lowest BCUT2D eigenvalue weighted by atomic mass is 10.0. The molecule has 0 aromatic heterocycles. The average molecular weight is 156 g/mol. The van der Waals surface area contributed by atoms with E-state index in [2.05, 4.69) is 13.8 Å². The van der Waals surface area contributed by atoms with Gasteiger partial charge >= 0.3 is 0 Å². The van der Waals surface area contributed by atoms with Gasteiger partial charge in [0.25, 0.3) is 0 Å². The second kappa shape index (κ2) is 2.81. The smallest absolute Gasteiger partial charge is 0.0931 e. The second-order valence-corrected chi connectivity index (χ2v) is 3.77. The highest BCUT2D eigenvalue weighted by Crippen LogP contribution is 2.30. The molecule has 0 radical (unpaired) electrons. The van der Waals surface area contributed by atoms with Gasteiger partial charge in [-0.1, -0.05) is 0 Å². The van der Waals surface area contributed by atoms with Crippen LogP contribution in [0.2, 0.25) is 0 Å². The zero-order valence-corrected chi connectivity index (χ0v) is 7.18. The third kappa shape index (κ3) is 2.50. The van der Waals surface area contributed by atoms with E-state index in [4.69, 9.17) is 15.9 Å². The van der Waals surface area contributed by atoms with Crippen molar-refractivity contribution in [2.75, 3.05) is 0 Å². The molecule has 1 atom stereocenters. The summed E-state index contributed by atoms with van der Waals surface area (Å²) >= 11 is 0. The molecule has 11 heavy (non-hydrogen) atoms. The van der Waals surface area contributed by atoms with Crippen LogP contribution in [-0.2, 0) is 4.74 Å². The third-order valence-corrected chi connectivity index (χ3v) is 2.00. The van der Waals surface area contributed by atoms with Crippen LogP contribution >= 0.6 is 0 Å². The minimum atomic E-state index is 0.000116. The lowest BCUT2D eigenvalue weighted by Gasteiger charge is -2.18. The molecule has 0 aliphatic carbocycles. The second-order valence-electron chi connectivity index (χ2n) is 3.77. The van der Waals surface area contributed by atoms with Crippen LogP contribution in [0.1, 0.15) is 33.1 Å². The van der Waals surface area contributed by atoms with Crippen molar-refractivity contribution in [1.82, 2.24) is 0 Å². The van der Waals surface area contributed by atoms with Crippen LogP contribution in [0, 0.1) is 5.41 Å². The maximum atomic E-state index is 7.09. The highest BCUT2D eigenvalue weighted by atomic mass is 16.5. The van der Waals surface area contributed by atoms with Gasteiger partial charge < -0.3 is 10.5 Å². The molecule has 0 amide bonds. The Morgan fingerprint density at radius 3 is 2.73 bits per heavy atom. The number of ether oxygens (including phenoxy) is 1. The minimum Gasteiger partial charge on any atom is -0.388 e. The maximum absolute atomic E-state index is 7.09. The predicted molar refractivity (Wildman–Crippen MR) is 44.7 cm³/mol. The number of hydrogen-bond acceptors (Lipinski definition) is 2. The Hall–Kier alpha value is -0.570. The summed E-state index contributed by atoms with van der Waals surface area (Å²) in [6.07, 6.45) is 2.88. The molecule has 1 heterocycles. The van der Waals surface area contributed by atoms with Crippen molar-refractivity contribution in [2.24, 2.45) is 5.73 Å². The number of nitrogens with two attached hydrogens (primary N) is 1. The van der Waals surface area contributed by atoms with Gasteiger partial charge in [-0.3, -0.25) is 5.41 Å². The fourth-order valence-electron chi connectivity index (χ4n) is 1.47. The van der Waals surface area contributed by atoms with E-state index in [9.17, 15) is 0 Å². The van der Waals surface area contributed by atoms with Gasteiger partial charge in [-0.2, -0.15) is 0 Å². The summed E-state index contributed by atoms with van der Waals surface area (Å²) in [7, 11) is 0. The summed E-state index contributed by atoms with van der Waals surface area (Å²) < 4.78 is 5.64. The first-order valence-corrected chi connectivity index (χ1v) is 4.00. The van der Waals surface area contributed by atoms with E-state index in [0.717, 1.165) is 12.8 Å². The van der Waals surface area contributed by atoms with Crippen LogP contribution in [0.3, 0.4) is 0 Å². The van der Waals surface area contributed by atoms with Gasteiger partial charge in [0, 0.05) is 6.42 Å².